The summed E-state index contributed by atoms with van der Waals surface area (Å²) in [7, 11) is 0. The minimum atomic E-state index is -0.933. The van der Waals surface area contributed by atoms with Gasteiger partial charge in [-0.1, -0.05) is 30.3 Å². The standard InChI is InChI=1S/C17H26N2O5/c1-17(2,3)24-16(22)19-18-14(20)10-7-11-15(21)23-12-13-8-5-4-6-9-13/h4-6,8-9,15,21H,7,10-12H2,1-3H3,(H,18,20)(H,19,22). The fourth-order valence-electron chi connectivity index (χ4n) is 1.77. The van der Waals surface area contributed by atoms with Gasteiger partial charge in [0, 0.05) is 6.42 Å². The van der Waals surface area contributed by atoms with Gasteiger partial charge in [0.2, 0.25) is 5.91 Å². The Bertz CT molecular complexity index is 513. The Morgan fingerprint density at radius 1 is 1.17 bits per heavy atom. The van der Waals surface area contributed by atoms with E-state index >= 15 is 0 Å². The third-order valence-electron chi connectivity index (χ3n) is 2.84. The summed E-state index contributed by atoms with van der Waals surface area (Å²) in [5.41, 5.74) is 4.76. The van der Waals surface area contributed by atoms with Crippen molar-refractivity contribution in [2.45, 2.75) is 58.5 Å². The molecule has 1 rings (SSSR count). The molecule has 1 atom stereocenters. The molecule has 0 aliphatic carbocycles. The van der Waals surface area contributed by atoms with Gasteiger partial charge in [-0.05, 0) is 39.2 Å². The van der Waals surface area contributed by atoms with Crippen LogP contribution in [0.25, 0.3) is 0 Å². The van der Waals surface area contributed by atoms with Crippen molar-refractivity contribution in [3.05, 3.63) is 35.9 Å². The van der Waals surface area contributed by atoms with Gasteiger partial charge < -0.3 is 14.6 Å². The lowest BCUT2D eigenvalue weighted by molar-refractivity contribution is -0.124. The first-order valence-corrected chi connectivity index (χ1v) is 7.88. The predicted molar refractivity (Wildman–Crippen MR) is 88.6 cm³/mol. The first-order chi connectivity index (χ1) is 11.3. The molecule has 0 aliphatic rings. The summed E-state index contributed by atoms with van der Waals surface area (Å²) in [4.78, 5) is 22.9. The Morgan fingerprint density at radius 3 is 2.46 bits per heavy atom. The molecule has 0 aromatic heterocycles. The van der Waals surface area contributed by atoms with Gasteiger partial charge in [0.1, 0.15) is 5.60 Å². The Kier molecular flexibility index (Phi) is 8.21. The van der Waals surface area contributed by atoms with Crippen molar-refractivity contribution in [1.29, 1.82) is 0 Å². The zero-order valence-electron chi connectivity index (χ0n) is 14.4. The van der Waals surface area contributed by atoms with E-state index in [0.717, 1.165) is 5.56 Å². The van der Waals surface area contributed by atoms with Gasteiger partial charge in [-0.15, -0.1) is 0 Å². The monoisotopic (exact) mass is 338 g/mol. The van der Waals surface area contributed by atoms with E-state index in [0.29, 0.717) is 19.4 Å². The first-order valence-electron chi connectivity index (χ1n) is 7.88. The normalized spacial score (nSPS) is 12.3. The number of nitrogens with one attached hydrogen (secondary N) is 2. The van der Waals surface area contributed by atoms with Crippen LogP contribution < -0.4 is 10.9 Å². The third kappa shape index (κ3) is 9.81. The summed E-state index contributed by atoms with van der Waals surface area (Å²) in [5.74, 6) is -0.365. The van der Waals surface area contributed by atoms with Crippen molar-refractivity contribution in [1.82, 2.24) is 10.9 Å². The number of ether oxygens (including phenoxy) is 2. The molecule has 7 heteroatoms. The van der Waals surface area contributed by atoms with Gasteiger partial charge in [-0.25, -0.2) is 10.2 Å². The highest BCUT2D eigenvalue weighted by atomic mass is 16.6. The van der Waals surface area contributed by atoms with Crippen LogP contribution in [-0.4, -0.2) is 29.0 Å². The van der Waals surface area contributed by atoms with Crippen LogP contribution in [0.4, 0.5) is 4.79 Å². The van der Waals surface area contributed by atoms with Crippen LogP contribution in [-0.2, 0) is 20.9 Å². The molecule has 0 saturated heterocycles. The van der Waals surface area contributed by atoms with Gasteiger partial charge in [-0.3, -0.25) is 10.2 Å². The number of amides is 2. The Hall–Kier alpha value is -2.12. The highest BCUT2D eigenvalue weighted by molar-refractivity contribution is 5.79. The molecule has 0 fully saturated rings. The van der Waals surface area contributed by atoms with Gasteiger partial charge in [0.25, 0.3) is 0 Å². The van der Waals surface area contributed by atoms with Gasteiger partial charge in [0.05, 0.1) is 6.61 Å². The number of hydrazine groups is 1. The predicted octanol–water partition coefficient (Wildman–Crippen LogP) is 2.25. The highest BCUT2D eigenvalue weighted by Crippen LogP contribution is 2.08. The second kappa shape index (κ2) is 9.89. The Morgan fingerprint density at radius 2 is 1.83 bits per heavy atom. The molecule has 1 unspecified atom stereocenters. The van der Waals surface area contributed by atoms with Crippen molar-refractivity contribution in [3.63, 3.8) is 0 Å². The zero-order valence-corrected chi connectivity index (χ0v) is 14.4. The number of aliphatic hydroxyl groups is 1. The van der Waals surface area contributed by atoms with Crippen molar-refractivity contribution < 1.29 is 24.2 Å². The van der Waals surface area contributed by atoms with Crippen LogP contribution >= 0.6 is 0 Å². The van der Waals surface area contributed by atoms with Crippen molar-refractivity contribution in [2.24, 2.45) is 0 Å². The lowest BCUT2D eigenvalue weighted by atomic mass is 10.2. The number of benzene rings is 1. The molecule has 0 bridgehead atoms. The molecule has 0 saturated carbocycles. The van der Waals surface area contributed by atoms with E-state index in [4.69, 9.17) is 9.47 Å². The number of rotatable bonds is 7. The molecule has 1 aromatic carbocycles. The van der Waals surface area contributed by atoms with Gasteiger partial charge >= 0.3 is 6.09 Å². The lowest BCUT2D eigenvalue weighted by Gasteiger charge is -2.19. The summed E-state index contributed by atoms with van der Waals surface area (Å²) in [6.45, 7) is 5.50. The molecule has 0 radical (unpaired) electrons. The highest BCUT2D eigenvalue weighted by Gasteiger charge is 2.16. The smallest absolute Gasteiger partial charge is 0.426 e. The maximum atomic E-state index is 11.6. The molecule has 1 aromatic rings. The molecule has 0 spiro atoms. The van der Waals surface area contributed by atoms with Crippen molar-refractivity contribution in [2.75, 3.05) is 0 Å². The van der Waals surface area contributed by atoms with Crippen LogP contribution in [0.2, 0.25) is 0 Å². The average Bonchev–Trinajstić information content (AvgIpc) is 2.50. The molecule has 134 valence electrons. The SMILES string of the molecule is CC(C)(C)OC(=O)NNC(=O)CCCC(O)OCc1ccccc1. The molecule has 7 nitrogen and oxygen atoms in total. The second-order valence-electron chi connectivity index (χ2n) is 6.32. The fraction of sp³-hybridized carbons (Fsp3) is 0.529. The van der Waals surface area contributed by atoms with E-state index in [-0.39, 0.29) is 12.3 Å². The maximum absolute atomic E-state index is 11.6. The fourth-order valence-corrected chi connectivity index (χ4v) is 1.77. The largest absolute Gasteiger partial charge is 0.443 e. The molecule has 0 heterocycles. The van der Waals surface area contributed by atoms with E-state index in [9.17, 15) is 14.7 Å². The van der Waals surface area contributed by atoms with Crippen LogP contribution in [0.5, 0.6) is 0 Å². The lowest BCUT2D eigenvalue weighted by Crippen LogP contribution is -2.44. The topological polar surface area (TPSA) is 96.9 Å². The van der Waals surface area contributed by atoms with Gasteiger partial charge in [-0.2, -0.15) is 0 Å². The average molecular weight is 338 g/mol. The van der Waals surface area contributed by atoms with E-state index in [1.165, 1.54) is 0 Å². The van der Waals surface area contributed by atoms with Crippen LogP contribution in [0.1, 0.15) is 45.6 Å². The molecule has 3 N–H and O–H groups in total. The van der Waals surface area contributed by atoms with Crippen LogP contribution in [0.15, 0.2) is 30.3 Å². The number of hydrogen-bond donors (Lipinski definition) is 3. The molecular formula is C17H26N2O5. The summed E-state index contributed by atoms with van der Waals surface area (Å²) in [5, 5.41) is 9.73. The number of carbonyl (C=O) groups excluding carboxylic acids is 2. The van der Waals surface area contributed by atoms with E-state index in [1.807, 2.05) is 30.3 Å². The molecule has 0 aliphatic heterocycles. The summed E-state index contributed by atoms with van der Waals surface area (Å²) < 4.78 is 10.3. The minimum Gasteiger partial charge on any atom is -0.443 e. The molecule has 24 heavy (non-hydrogen) atoms. The van der Waals surface area contributed by atoms with Crippen LogP contribution in [0.3, 0.4) is 0 Å². The van der Waals surface area contributed by atoms with Crippen molar-refractivity contribution >= 4 is 12.0 Å². The Balaban J connectivity index is 2.11. The number of aliphatic hydroxyl groups excluding tert-OH is 1. The summed E-state index contributed by atoms with van der Waals surface area (Å²) in [6, 6.07) is 9.51. The molecule has 2 amide bonds. The van der Waals surface area contributed by atoms with E-state index < -0.39 is 18.0 Å². The van der Waals surface area contributed by atoms with E-state index in [2.05, 4.69) is 10.9 Å². The summed E-state index contributed by atoms with van der Waals surface area (Å²) >= 11 is 0. The summed E-state index contributed by atoms with van der Waals surface area (Å²) in [6.07, 6.45) is -0.745. The van der Waals surface area contributed by atoms with E-state index in [1.54, 1.807) is 20.8 Å². The number of hydrogen-bond acceptors (Lipinski definition) is 5. The quantitative estimate of drug-likeness (QED) is 0.523. The maximum Gasteiger partial charge on any atom is 0.426 e. The minimum absolute atomic E-state index is 0.154. The van der Waals surface area contributed by atoms with Crippen molar-refractivity contribution in [3.8, 4) is 0 Å². The third-order valence-corrected chi connectivity index (χ3v) is 2.84. The zero-order chi connectivity index (χ0) is 18.0. The first kappa shape index (κ1) is 19.9. The number of carbonyl (C=O) groups is 2. The van der Waals surface area contributed by atoms with Crippen LogP contribution in [0, 0.1) is 0 Å². The second-order valence-corrected chi connectivity index (χ2v) is 6.32. The molecular weight excluding hydrogens is 312 g/mol. The van der Waals surface area contributed by atoms with Gasteiger partial charge in [0.15, 0.2) is 6.29 Å². The Labute approximate surface area is 142 Å².